The number of fused-ring (bicyclic) bond motifs is 1. The van der Waals surface area contributed by atoms with Crippen LogP contribution in [0.2, 0.25) is 0 Å². The van der Waals surface area contributed by atoms with Gasteiger partial charge in [-0.15, -0.1) is 11.6 Å². The number of nitrogens with one attached hydrogen (secondary N) is 1. The zero-order valence-corrected chi connectivity index (χ0v) is 11.0. The lowest BCUT2D eigenvalue weighted by atomic mass is 10.1. The van der Waals surface area contributed by atoms with E-state index in [0.29, 0.717) is 17.8 Å². The van der Waals surface area contributed by atoms with Crippen LogP contribution in [0.15, 0.2) is 30.6 Å². The highest BCUT2D eigenvalue weighted by Crippen LogP contribution is 2.07. The third-order valence-electron chi connectivity index (χ3n) is 2.93. The summed E-state index contributed by atoms with van der Waals surface area (Å²) in [6.07, 6.45) is 4.06. The molecule has 0 bridgehead atoms. The van der Waals surface area contributed by atoms with Gasteiger partial charge in [-0.3, -0.25) is 0 Å². The second-order valence-electron chi connectivity index (χ2n) is 4.58. The van der Waals surface area contributed by atoms with Crippen molar-refractivity contribution >= 4 is 17.2 Å². The van der Waals surface area contributed by atoms with E-state index in [9.17, 15) is 0 Å². The highest BCUT2D eigenvalue weighted by Gasteiger charge is 2.11. The lowest BCUT2D eigenvalue weighted by Gasteiger charge is -2.18. The third kappa shape index (κ3) is 2.99. The number of alkyl halides is 1. The molecule has 2 aromatic heterocycles. The van der Waals surface area contributed by atoms with E-state index in [2.05, 4.69) is 24.1 Å². The molecule has 0 fully saturated rings. The minimum atomic E-state index is 0.335. The molecule has 0 amide bonds. The Morgan fingerprint density at radius 3 is 2.88 bits per heavy atom. The number of hydrogen-bond donors (Lipinski definition) is 1. The summed E-state index contributed by atoms with van der Waals surface area (Å²) in [6, 6.07) is 6.34. The molecule has 0 saturated heterocycles. The molecule has 17 heavy (non-hydrogen) atoms. The molecule has 1 unspecified atom stereocenters. The molecule has 0 aliphatic heterocycles. The van der Waals surface area contributed by atoms with Crippen molar-refractivity contribution in [2.45, 2.75) is 26.4 Å². The van der Waals surface area contributed by atoms with Crippen LogP contribution in [0.4, 0.5) is 0 Å². The zero-order chi connectivity index (χ0) is 12.3. The lowest BCUT2D eigenvalue weighted by Crippen LogP contribution is -2.34. The molecule has 0 radical (unpaired) electrons. The number of rotatable bonds is 5. The number of halogens is 1. The van der Waals surface area contributed by atoms with Crippen LogP contribution >= 0.6 is 11.6 Å². The van der Waals surface area contributed by atoms with Gasteiger partial charge in [0.15, 0.2) is 0 Å². The fraction of sp³-hybridized carbons (Fsp3) is 0.462. The first-order valence-corrected chi connectivity index (χ1v) is 6.46. The van der Waals surface area contributed by atoms with E-state index in [4.69, 9.17) is 11.6 Å². The Kier molecular flexibility index (Phi) is 4.02. The Morgan fingerprint density at radius 2 is 2.24 bits per heavy atom. The van der Waals surface area contributed by atoms with E-state index in [1.165, 1.54) is 0 Å². The average Bonchev–Trinajstić information content (AvgIpc) is 2.71. The molecule has 0 aliphatic rings. The van der Waals surface area contributed by atoms with Gasteiger partial charge in [-0.2, -0.15) is 0 Å². The Morgan fingerprint density at radius 1 is 1.41 bits per heavy atom. The van der Waals surface area contributed by atoms with Crippen molar-refractivity contribution in [2.24, 2.45) is 5.92 Å². The monoisotopic (exact) mass is 251 g/mol. The van der Waals surface area contributed by atoms with E-state index in [1.54, 1.807) is 0 Å². The van der Waals surface area contributed by atoms with Crippen molar-refractivity contribution in [1.29, 1.82) is 0 Å². The predicted molar refractivity (Wildman–Crippen MR) is 71.4 cm³/mol. The van der Waals surface area contributed by atoms with Crippen molar-refractivity contribution in [2.75, 3.05) is 5.88 Å². The van der Waals surface area contributed by atoms with Crippen LogP contribution in [-0.2, 0) is 6.54 Å². The molecule has 2 aromatic rings. The van der Waals surface area contributed by atoms with Crippen molar-refractivity contribution in [3.05, 3.63) is 36.3 Å². The summed E-state index contributed by atoms with van der Waals surface area (Å²) in [5.74, 6) is 1.16. The molecular weight excluding hydrogens is 234 g/mol. The van der Waals surface area contributed by atoms with Gasteiger partial charge in [0, 0.05) is 30.9 Å². The van der Waals surface area contributed by atoms with E-state index >= 15 is 0 Å². The van der Waals surface area contributed by atoms with E-state index in [0.717, 1.165) is 17.9 Å². The van der Waals surface area contributed by atoms with Crippen LogP contribution in [0, 0.1) is 5.92 Å². The molecule has 0 saturated carbocycles. The highest BCUT2D eigenvalue weighted by molar-refractivity contribution is 6.18. The number of aromatic nitrogens is 2. The molecule has 1 N–H and O–H groups in total. The molecule has 2 heterocycles. The second kappa shape index (κ2) is 5.52. The van der Waals surface area contributed by atoms with E-state index in [1.807, 2.05) is 35.0 Å². The quantitative estimate of drug-likeness (QED) is 0.828. The summed E-state index contributed by atoms with van der Waals surface area (Å²) in [6.45, 7) is 5.10. The summed E-state index contributed by atoms with van der Waals surface area (Å²) < 4.78 is 2.03. The maximum atomic E-state index is 5.92. The standard InChI is InChI=1S/C13H18ClN3/c1-10(2)12(7-14)15-8-11-9-17-6-4-3-5-13(17)16-11/h3-6,9-10,12,15H,7-8H2,1-2H3. The van der Waals surface area contributed by atoms with Crippen LogP contribution in [0.5, 0.6) is 0 Å². The second-order valence-corrected chi connectivity index (χ2v) is 4.89. The number of nitrogens with zero attached hydrogens (tertiary/aromatic N) is 2. The van der Waals surface area contributed by atoms with E-state index in [-0.39, 0.29) is 0 Å². The van der Waals surface area contributed by atoms with Gasteiger partial charge >= 0.3 is 0 Å². The van der Waals surface area contributed by atoms with Gasteiger partial charge in [0.05, 0.1) is 5.69 Å². The molecular formula is C13H18ClN3. The van der Waals surface area contributed by atoms with Crippen molar-refractivity contribution in [3.63, 3.8) is 0 Å². The summed E-state index contributed by atoms with van der Waals surface area (Å²) in [5.41, 5.74) is 2.03. The summed E-state index contributed by atoms with van der Waals surface area (Å²) in [4.78, 5) is 4.54. The summed E-state index contributed by atoms with van der Waals surface area (Å²) >= 11 is 5.92. The zero-order valence-electron chi connectivity index (χ0n) is 10.2. The minimum Gasteiger partial charge on any atom is -0.307 e. The highest BCUT2D eigenvalue weighted by atomic mass is 35.5. The molecule has 0 aliphatic carbocycles. The minimum absolute atomic E-state index is 0.335. The maximum absolute atomic E-state index is 5.92. The number of hydrogen-bond acceptors (Lipinski definition) is 2. The van der Waals surface area contributed by atoms with Crippen molar-refractivity contribution < 1.29 is 0 Å². The molecule has 92 valence electrons. The normalized spacial score (nSPS) is 13.4. The van der Waals surface area contributed by atoms with Gasteiger partial charge in [-0.05, 0) is 18.1 Å². The lowest BCUT2D eigenvalue weighted by molar-refractivity contribution is 0.428. The third-order valence-corrected chi connectivity index (χ3v) is 3.26. The Bertz CT molecular complexity index is 445. The van der Waals surface area contributed by atoms with Crippen LogP contribution in [0.3, 0.4) is 0 Å². The molecule has 1 atom stereocenters. The number of imidazole rings is 1. The average molecular weight is 252 g/mol. The van der Waals surface area contributed by atoms with Crippen LogP contribution < -0.4 is 5.32 Å². The first-order chi connectivity index (χ1) is 8.20. The molecule has 2 rings (SSSR count). The van der Waals surface area contributed by atoms with Gasteiger partial charge in [0.25, 0.3) is 0 Å². The van der Waals surface area contributed by atoms with Crippen molar-refractivity contribution in [3.8, 4) is 0 Å². The predicted octanol–water partition coefficient (Wildman–Crippen LogP) is 2.69. The largest absolute Gasteiger partial charge is 0.307 e. The van der Waals surface area contributed by atoms with Gasteiger partial charge < -0.3 is 9.72 Å². The van der Waals surface area contributed by atoms with Gasteiger partial charge in [0.1, 0.15) is 5.65 Å². The van der Waals surface area contributed by atoms with Gasteiger partial charge in [-0.25, -0.2) is 4.98 Å². The molecule has 3 nitrogen and oxygen atoms in total. The van der Waals surface area contributed by atoms with Gasteiger partial charge in [0.2, 0.25) is 0 Å². The molecule has 0 aromatic carbocycles. The van der Waals surface area contributed by atoms with E-state index < -0.39 is 0 Å². The van der Waals surface area contributed by atoms with Gasteiger partial charge in [-0.1, -0.05) is 19.9 Å². The SMILES string of the molecule is CC(C)C(CCl)NCc1cn2ccccc2n1. The van der Waals surface area contributed by atoms with Crippen LogP contribution in [0.25, 0.3) is 5.65 Å². The van der Waals surface area contributed by atoms with Crippen LogP contribution in [0.1, 0.15) is 19.5 Å². The first kappa shape index (κ1) is 12.4. The van der Waals surface area contributed by atoms with Crippen molar-refractivity contribution in [1.82, 2.24) is 14.7 Å². The Balaban J connectivity index is 2.03. The topological polar surface area (TPSA) is 29.3 Å². The number of pyridine rings is 1. The molecule has 4 heteroatoms. The molecule has 0 spiro atoms. The first-order valence-electron chi connectivity index (χ1n) is 5.92. The fourth-order valence-electron chi connectivity index (χ4n) is 1.78. The Labute approximate surface area is 107 Å². The van der Waals surface area contributed by atoms with Crippen LogP contribution in [-0.4, -0.2) is 21.3 Å². The fourth-order valence-corrected chi connectivity index (χ4v) is 2.24. The Hall–Kier alpha value is -1.06. The summed E-state index contributed by atoms with van der Waals surface area (Å²) in [7, 11) is 0. The maximum Gasteiger partial charge on any atom is 0.137 e. The summed E-state index contributed by atoms with van der Waals surface area (Å²) in [5, 5.41) is 3.44. The smallest absolute Gasteiger partial charge is 0.137 e.